The largest absolute Gasteiger partial charge is 0.493 e. The van der Waals surface area contributed by atoms with Gasteiger partial charge in [-0.2, -0.15) is 0 Å². The maximum absolute atomic E-state index is 13.1. The Bertz CT molecular complexity index is 885. The maximum atomic E-state index is 13.1. The van der Waals surface area contributed by atoms with Gasteiger partial charge in [-0.3, -0.25) is 14.4 Å². The fraction of sp³-hybridized carbons (Fsp3) is 0.250. The van der Waals surface area contributed by atoms with Crippen molar-refractivity contribution in [1.82, 2.24) is 4.90 Å². The van der Waals surface area contributed by atoms with E-state index in [1.165, 1.54) is 50.2 Å². The molecule has 2 rings (SSSR count). The van der Waals surface area contributed by atoms with Crippen LogP contribution in [0.3, 0.4) is 0 Å². The Kier molecular flexibility index (Phi) is 7.08. The van der Waals surface area contributed by atoms with E-state index < -0.39 is 17.6 Å². The highest BCUT2D eigenvalue weighted by Crippen LogP contribution is 2.28. The number of amides is 2. The van der Waals surface area contributed by atoms with E-state index in [1.807, 2.05) is 0 Å². The molecule has 0 aliphatic rings. The number of hydrogen-bond donors (Lipinski definition) is 1. The van der Waals surface area contributed by atoms with Crippen molar-refractivity contribution in [2.24, 2.45) is 0 Å². The molecule has 0 aliphatic carbocycles. The number of ether oxygens (including phenoxy) is 2. The van der Waals surface area contributed by atoms with Gasteiger partial charge in [-0.05, 0) is 43.3 Å². The van der Waals surface area contributed by atoms with Crippen LogP contribution in [0.1, 0.15) is 17.3 Å². The lowest BCUT2D eigenvalue weighted by atomic mass is 10.1. The van der Waals surface area contributed by atoms with Crippen molar-refractivity contribution in [3.8, 4) is 11.5 Å². The highest BCUT2D eigenvalue weighted by Gasteiger charge is 2.16. The molecule has 8 heteroatoms. The topological polar surface area (TPSA) is 84.9 Å². The second kappa shape index (κ2) is 9.50. The van der Waals surface area contributed by atoms with Crippen molar-refractivity contribution in [2.45, 2.75) is 6.92 Å². The third-order valence-electron chi connectivity index (χ3n) is 3.84. The highest BCUT2D eigenvalue weighted by atomic mass is 19.1. The van der Waals surface area contributed by atoms with E-state index >= 15 is 0 Å². The second-order valence-corrected chi connectivity index (χ2v) is 6.02. The van der Waals surface area contributed by atoms with Crippen molar-refractivity contribution < 1.29 is 28.2 Å². The summed E-state index contributed by atoms with van der Waals surface area (Å²) in [5, 5.41) is 2.51. The number of benzene rings is 2. The van der Waals surface area contributed by atoms with E-state index in [0.717, 1.165) is 0 Å². The number of carbonyl (C=O) groups excluding carboxylic acids is 3. The van der Waals surface area contributed by atoms with E-state index in [4.69, 9.17) is 9.47 Å². The van der Waals surface area contributed by atoms with E-state index in [0.29, 0.717) is 22.7 Å². The van der Waals surface area contributed by atoms with Crippen molar-refractivity contribution in [2.75, 3.05) is 32.6 Å². The number of nitrogens with one attached hydrogen (secondary N) is 1. The number of anilines is 1. The summed E-state index contributed by atoms with van der Waals surface area (Å²) in [6.07, 6.45) is 0. The van der Waals surface area contributed by atoms with Gasteiger partial charge in [0.15, 0.2) is 23.9 Å². The monoisotopic (exact) mass is 388 g/mol. The lowest BCUT2D eigenvalue weighted by Crippen LogP contribution is -2.37. The summed E-state index contributed by atoms with van der Waals surface area (Å²) in [5.74, 6) is -0.868. The number of Topliss-reactive ketones (excluding diaryl/α,β-unsaturated/α-hetero) is 1. The summed E-state index contributed by atoms with van der Waals surface area (Å²) in [7, 11) is 2.88. The number of carbonyl (C=O) groups is 3. The van der Waals surface area contributed by atoms with Gasteiger partial charge in [-0.25, -0.2) is 4.39 Å². The molecular weight excluding hydrogens is 367 g/mol. The van der Waals surface area contributed by atoms with Crippen LogP contribution in [0.5, 0.6) is 11.5 Å². The molecule has 0 atom stereocenters. The minimum absolute atomic E-state index is 0.120. The van der Waals surface area contributed by atoms with Crippen molar-refractivity contribution in [3.63, 3.8) is 0 Å². The predicted molar refractivity (Wildman–Crippen MR) is 101 cm³/mol. The molecule has 2 aromatic rings. The SMILES string of the molecule is COc1cc(C(C)=O)ccc1OCC(=O)N(C)CC(=O)Nc1cccc(F)c1. The molecule has 0 radical (unpaired) electrons. The summed E-state index contributed by atoms with van der Waals surface area (Å²) in [6, 6.07) is 10.1. The third-order valence-corrected chi connectivity index (χ3v) is 3.84. The number of halogens is 1. The summed E-state index contributed by atoms with van der Waals surface area (Å²) in [6.45, 7) is 0.890. The van der Waals surface area contributed by atoms with Gasteiger partial charge in [0.2, 0.25) is 5.91 Å². The van der Waals surface area contributed by atoms with Gasteiger partial charge in [0.05, 0.1) is 13.7 Å². The van der Waals surface area contributed by atoms with Crippen LogP contribution in [0.4, 0.5) is 10.1 Å². The first-order valence-electron chi connectivity index (χ1n) is 8.41. The molecule has 0 fully saturated rings. The molecule has 0 spiro atoms. The van der Waals surface area contributed by atoms with Crippen LogP contribution in [0, 0.1) is 5.82 Å². The van der Waals surface area contributed by atoms with Crippen LogP contribution >= 0.6 is 0 Å². The van der Waals surface area contributed by atoms with Gasteiger partial charge in [0.25, 0.3) is 5.91 Å². The van der Waals surface area contributed by atoms with E-state index in [-0.39, 0.29) is 18.9 Å². The van der Waals surface area contributed by atoms with Crippen molar-refractivity contribution >= 4 is 23.3 Å². The van der Waals surface area contributed by atoms with Crippen molar-refractivity contribution in [1.29, 1.82) is 0 Å². The fourth-order valence-electron chi connectivity index (χ4n) is 2.33. The summed E-state index contributed by atoms with van der Waals surface area (Å²) in [4.78, 5) is 36.8. The van der Waals surface area contributed by atoms with E-state index in [1.54, 1.807) is 18.2 Å². The number of ketones is 1. The Hall–Kier alpha value is -3.42. The highest BCUT2D eigenvalue weighted by molar-refractivity contribution is 5.95. The van der Waals surface area contributed by atoms with Gasteiger partial charge in [0, 0.05) is 18.3 Å². The molecular formula is C20H21FN2O5. The summed E-state index contributed by atoms with van der Waals surface area (Å²) >= 11 is 0. The summed E-state index contributed by atoms with van der Waals surface area (Å²) in [5.41, 5.74) is 0.763. The zero-order chi connectivity index (χ0) is 20.7. The molecule has 0 saturated heterocycles. The molecule has 0 saturated carbocycles. The van der Waals surface area contributed by atoms with Gasteiger partial charge < -0.3 is 19.7 Å². The molecule has 0 aromatic heterocycles. The molecule has 0 unspecified atom stereocenters. The second-order valence-electron chi connectivity index (χ2n) is 6.02. The molecule has 0 bridgehead atoms. The minimum atomic E-state index is -0.472. The first-order chi connectivity index (χ1) is 13.3. The third kappa shape index (κ3) is 5.80. The molecule has 2 amide bonds. The summed E-state index contributed by atoms with van der Waals surface area (Å²) < 4.78 is 23.8. The predicted octanol–water partition coefficient (Wildman–Crippen LogP) is 2.51. The molecule has 148 valence electrons. The Labute approximate surface area is 162 Å². The van der Waals surface area contributed by atoms with E-state index in [2.05, 4.69) is 5.32 Å². The zero-order valence-electron chi connectivity index (χ0n) is 15.8. The fourth-order valence-corrected chi connectivity index (χ4v) is 2.33. The first kappa shape index (κ1) is 20.9. The van der Waals surface area contributed by atoms with Crippen LogP contribution in [0.2, 0.25) is 0 Å². The Morgan fingerprint density at radius 3 is 2.50 bits per heavy atom. The van der Waals surface area contributed by atoms with Crippen LogP contribution in [0.25, 0.3) is 0 Å². The van der Waals surface area contributed by atoms with Gasteiger partial charge in [-0.1, -0.05) is 6.07 Å². The Morgan fingerprint density at radius 2 is 1.86 bits per heavy atom. The Morgan fingerprint density at radius 1 is 1.11 bits per heavy atom. The quantitative estimate of drug-likeness (QED) is 0.703. The number of hydrogen-bond acceptors (Lipinski definition) is 5. The molecule has 0 heterocycles. The smallest absolute Gasteiger partial charge is 0.260 e. The lowest BCUT2D eigenvalue weighted by molar-refractivity contribution is -0.135. The van der Waals surface area contributed by atoms with Crippen LogP contribution in [0.15, 0.2) is 42.5 Å². The van der Waals surface area contributed by atoms with Crippen LogP contribution < -0.4 is 14.8 Å². The molecule has 7 nitrogen and oxygen atoms in total. The number of methoxy groups -OCH3 is 1. The van der Waals surface area contributed by atoms with Gasteiger partial charge in [0.1, 0.15) is 5.82 Å². The molecule has 28 heavy (non-hydrogen) atoms. The van der Waals surface area contributed by atoms with Crippen LogP contribution in [-0.4, -0.2) is 49.8 Å². The minimum Gasteiger partial charge on any atom is -0.493 e. The first-order valence-corrected chi connectivity index (χ1v) is 8.41. The average Bonchev–Trinajstić information content (AvgIpc) is 2.65. The Balaban J connectivity index is 1.90. The van der Waals surface area contributed by atoms with Gasteiger partial charge >= 0.3 is 0 Å². The maximum Gasteiger partial charge on any atom is 0.260 e. The average molecular weight is 388 g/mol. The normalized spacial score (nSPS) is 10.1. The number of rotatable bonds is 8. The van der Waals surface area contributed by atoms with Crippen LogP contribution in [-0.2, 0) is 9.59 Å². The zero-order valence-corrected chi connectivity index (χ0v) is 15.8. The van der Waals surface area contributed by atoms with E-state index in [9.17, 15) is 18.8 Å². The molecule has 0 aliphatic heterocycles. The number of likely N-dealkylation sites (N-methyl/N-ethyl adjacent to an activating group) is 1. The molecule has 2 aromatic carbocycles. The van der Waals surface area contributed by atoms with Crippen molar-refractivity contribution in [3.05, 3.63) is 53.8 Å². The lowest BCUT2D eigenvalue weighted by Gasteiger charge is -2.18. The van der Waals surface area contributed by atoms with Gasteiger partial charge in [-0.15, -0.1) is 0 Å². The molecule has 1 N–H and O–H groups in total. The number of nitrogens with zero attached hydrogens (tertiary/aromatic N) is 1. The standard InChI is InChI=1S/C20H21FN2O5/c1-13(24)14-7-8-17(18(9-14)27-3)28-12-20(26)23(2)11-19(25)22-16-6-4-5-15(21)10-16/h4-10H,11-12H2,1-3H3,(H,22,25).